The number of imidazole rings is 1. The van der Waals surface area contributed by atoms with Crippen LogP contribution in [0.2, 0.25) is 0 Å². The number of hydrogen-bond donors (Lipinski definition) is 0. The van der Waals surface area contributed by atoms with Gasteiger partial charge in [-0.05, 0) is 56.5 Å². The Bertz CT molecular complexity index is 1040. The molecular weight excluding hydrogens is 438 g/mol. The Morgan fingerprint density at radius 1 is 1.00 bits per heavy atom. The highest BCUT2D eigenvalue weighted by atomic mass is 79.9. The highest BCUT2D eigenvalue weighted by Gasteiger charge is 2.32. The molecule has 0 amide bonds. The zero-order valence-corrected chi connectivity index (χ0v) is 19.2. The van der Waals surface area contributed by atoms with Gasteiger partial charge in [0, 0.05) is 35.4 Å². The predicted octanol–water partition coefficient (Wildman–Crippen LogP) is 5.38. The Labute approximate surface area is 187 Å². The monoisotopic (exact) mass is 465 g/mol. The van der Waals surface area contributed by atoms with Crippen molar-refractivity contribution in [3.05, 3.63) is 75.6 Å². The van der Waals surface area contributed by atoms with Crippen LogP contribution in [0.4, 0.5) is 0 Å². The van der Waals surface area contributed by atoms with Gasteiger partial charge in [-0.15, -0.1) is 0 Å². The van der Waals surface area contributed by atoms with Crippen LogP contribution >= 0.6 is 15.9 Å². The van der Waals surface area contributed by atoms with Crippen molar-refractivity contribution in [2.45, 2.75) is 44.9 Å². The minimum Gasteiger partial charge on any atom is -0.362 e. The fraction of sp³-hybridized carbons (Fsp3) is 0.400. The maximum Gasteiger partial charge on any atom is 0.143 e. The number of hydrogen-bond acceptors (Lipinski definition) is 3. The SMILES string of the molecule is Cc1c(-c2ccc(Br)cc2)nc2n1CCc1ccccc1C2OC1CCN(C)CC1. The molecule has 2 aliphatic heterocycles. The molecule has 0 saturated carbocycles. The first-order valence-corrected chi connectivity index (χ1v) is 11.6. The van der Waals surface area contributed by atoms with Gasteiger partial charge in [0.1, 0.15) is 11.9 Å². The second kappa shape index (κ2) is 8.29. The van der Waals surface area contributed by atoms with Gasteiger partial charge in [-0.1, -0.05) is 52.3 Å². The third kappa shape index (κ3) is 3.75. The number of aromatic nitrogens is 2. The number of aryl methyl sites for hydroxylation is 1. The number of rotatable bonds is 3. The van der Waals surface area contributed by atoms with Gasteiger partial charge in [-0.25, -0.2) is 4.98 Å². The summed E-state index contributed by atoms with van der Waals surface area (Å²) in [6.07, 6.45) is 3.33. The lowest BCUT2D eigenvalue weighted by Crippen LogP contribution is -2.35. The van der Waals surface area contributed by atoms with Crippen molar-refractivity contribution in [2.75, 3.05) is 20.1 Å². The number of ether oxygens (including phenoxy) is 1. The van der Waals surface area contributed by atoms with E-state index in [0.717, 1.165) is 60.5 Å². The topological polar surface area (TPSA) is 30.3 Å². The molecule has 3 aromatic rings. The minimum atomic E-state index is -0.111. The molecule has 156 valence electrons. The van der Waals surface area contributed by atoms with Crippen LogP contribution in [0.15, 0.2) is 53.0 Å². The summed E-state index contributed by atoms with van der Waals surface area (Å²) in [7, 11) is 2.19. The van der Waals surface area contributed by atoms with E-state index >= 15 is 0 Å². The molecule has 1 fully saturated rings. The molecule has 5 rings (SSSR count). The highest BCUT2D eigenvalue weighted by molar-refractivity contribution is 9.10. The number of fused-ring (bicyclic) bond motifs is 2. The van der Waals surface area contributed by atoms with Crippen molar-refractivity contribution in [3.63, 3.8) is 0 Å². The van der Waals surface area contributed by atoms with E-state index in [0.29, 0.717) is 0 Å². The summed E-state index contributed by atoms with van der Waals surface area (Å²) in [6.45, 7) is 5.32. The summed E-state index contributed by atoms with van der Waals surface area (Å²) in [5.41, 5.74) is 6.10. The molecule has 0 radical (unpaired) electrons. The Hall–Kier alpha value is -1.95. The quantitative estimate of drug-likeness (QED) is 0.520. The molecule has 2 aliphatic rings. The van der Waals surface area contributed by atoms with Crippen LogP contribution in [-0.4, -0.2) is 40.7 Å². The van der Waals surface area contributed by atoms with Crippen molar-refractivity contribution in [2.24, 2.45) is 0 Å². The first-order chi connectivity index (χ1) is 14.6. The zero-order valence-electron chi connectivity index (χ0n) is 17.6. The van der Waals surface area contributed by atoms with Gasteiger partial charge in [0.2, 0.25) is 0 Å². The number of piperidine rings is 1. The van der Waals surface area contributed by atoms with Gasteiger partial charge in [-0.3, -0.25) is 0 Å². The molecule has 1 unspecified atom stereocenters. The first kappa shape index (κ1) is 20.0. The number of nitrogens with zero attached hydrogens (tertiary/aromatic N) is 3. The van der Waals surface area contributed by atoms with E-state index in [1.807, 2.05) is 0 Å². The normalized spacial score (nSPS) is 19.9. The van der Waals surface area contributed by atoms with Crippen LogP contribution in [-0.2, 0) is 17.7 Å². The second-order valence-electron chi connectivity index (χ2n) is 8.53. The van der Waals surface area contributed by atoms with E-state index in [9.17, 15) is 0 Å². The molecule has 5 heteroatoms. The molecule has 0 bridgehead atoms. The van der Waals surface area contributed by atoms with Gasteiger partial charge in [-0.2, -0.15) is 0 Å². The fourth-order valence-electron chi connectivity index (χ4n) is 4.76. The van der Waals surface area contributed by atoms with Crippen molar-refractivity contribution < 1.29 is 4.74 Å². The average molecular weight is 466 g/mol. The number of benzene rings is 2. The summed E-state index contributed by atoms with van der Waals surface area (Å²) in [5, 5.41) is 0. The van der Waals surface area contributed by atoms with Crippen LogP contribution in [0.3, 0.4) is 0 Å². The smallest absolute Gasteiger partial charge is 0.143 e. The fourth-order valence-corrected chi connectivity index (χ4v) is 5.02. The van der Waals surface area contributed by atoms with Crippen LogP contribution in [0.1, 0.15) is 41.6 Å². The molecule has 3 heterocycles. The van der Waals surface area contributed by atoms with Crippen LogP contribution in [0.25, 0.3) is 11.3 Å². The molecule has 2 aromatic carbocycles. The van der Waals surface area contributed by atoms with E-state index in [1.54, 1.807) is 0 Å². The van der Waals surface area contributed by atoms with Gasteiger partial charge in [0.15, 0.2) is 0 Å². The second-order valence-corrected chi connectivity index (χ2v) is 9.45. The third-order valence-corrected chi connectivity index (χ3v) is 7.07. The minimum absolute atomic E-state index is 0.111. The van der Waals surface area contributed by atoms with E-state index in [4.69, 9.17) is 9.72 Å². The molecule has 0 N–H and O–H groups in total. The Balaban J connectivity index is 1.57. The van der Waals surface area contributed by atoms with Crippen molar-refractivity contribution >= 4 is 15.9 Å². The molecule has 1 atom stereocenters. The lowest BCUT2D eigenvalue weighted by Gasteiger charge is -2.32. The number of likely N-dealkylation sites (tertiary alicyclic amines) is 1. The Morgan fingerprint density at radius 2 is 1.73 bits per heavy atom. The molecule has 4 nitrogen and oxygen atoms in total. The Kier molecular flexibility index (Phi) is 5.52. The summed E-state index contributed by atoms with van der Waals surface area (Å²) in [6, 6.07) is 17.2. The van der Waals surface area contributed by atoms with E-state index < -0.39 is 0 Å². The highest BCUT2D eigenvalue weighted by Crippen LogP contribution is 2.37. The lowest BCUT2D eigenvalue weighted by molar-refractivity contribution is -0.0276. The van der Waals surface area contributed by atoms with Crippen LogP contribution in [0, 0.1) is 6.92 Å². The van der Waals surface area contributed by atoms with Crippen LogP contribution in [0.5, 0.6) is 0 Å². The van der Waals surface area contributed by atoms with E-state index in [-0.39, 0.29) is 12.2 Å². The summed E-state index contributed by atoms with van der Waals surface area (Å²) in [5.74, 6) is 1.05. The third-order valence-electron chi connectivity index (χ3n) is 6.54. The van der Waals surface area contributed by atoms with Crippen molar-refractivity contribution in [3.8, 4) is 11.3 Å². The van der Waals surface area contributed by atoms with Gasteiger partial charge >= 0.3 is 0 Å². The molecular formula is C25H28BrN3O. The summed E-state index contributed by atoms with van der Waals surface area (Å²) < 4.78 is 10.3. The number of halogens is 1. The summed E-state index contributed by atoms with van der Waals surface area (Å²) >= 11 is 3.54. The summed E-state index contributed by atoms with van der Waals surface area (Å²) in [4.78, 5) is 7.57. The predicted molar refractivity (Wildman–Crippen MR) is 124 cm³/mol. The molecule has 1 aromatic heterocycles. The standard InChI is InChI=1S/C25H28BrN3O/c1-17-23(19-7-9-20(26)10-8-19)27-25-24(30-21-12-14-28(2)15-13-21)22-6-4-3-5-18(22)11-16-29(17)25/h3-10,21,24H,11-16H2,1-2H3. The van der Waals surface area contributed by atoms with Crippen molar-refractivity contribution in [1.29, 1.82) is 0 Å². The largest absolute Gasteiger partial charge is 0.362 e. The van der Waals surface area contributed by atoms with E-state index in [1.165, 1.54) is 16.8 Å². The van der Waals surface area contributed by atoms with E-state index in [2.05, 4.69) is 87.9 Å². The maximum absolute atomic E-state index is 6.82. The van der Waals surface area contributed by atoms with Crippen molar-refractivity contribution in [1.82, 2.24) is 14.5 Å². The molecule has 30 heavy (non-hydrogen) atoms. The molecule has 0 spiro atoms. The maximum atomic E-state index is 6.82. The average Bonchev–Trinajstić information content (AvgIpc) is 3.00. The van der Waals surface area contributed by atoms with Gasteiger partial charge < -0.3 is 14.2 Å². The Morgan fingerprint density at radius 3 is 2.50 bits per heavy atom. The van der Waals surface area contributed by atoms with Gasteiger partial charge in [0.25, 0.3) is 0 Å². The first-order valence-electron chi connectivity index (χ1n) is 10.8. The lowest BCUT2D eigenvalue weighted by atomic mass is 10.00. The van der Waals surface area contributed by atoms with Crippen LogP contribution < -0.4 is 0 Å². The molecule has 1 saturated heterocycles. The molecule has 0 aliphatic carbocycles. The van der Waals surface area contributed by atoms with Gasteiger partial charge in [0.05, 0.1) is 11.8 Å². The zero-order chi connectivity index (χ0) is 20.7.